The van der Waals surface area contributed by atoms with Crippen LogP contribution in [0.1, 0.15) is 96.8 Å². The van der Waals surface area contributed by atoms with Gasteiger partial charge in [-0.05, 0) is 13.0 Å². The van der Waals surface area contributed by atoms with Crippen LogP contribution in [0.25, 0.3) is 0 Å². The third-order valence-corrected chi connectivity index (χ3v) is 4.63. The standard InChI is InChI=1S/C18H39NO.CH4O4S/c1-2-3-4-5-6-7-8-9-10-11-12-13-14-15-16-19-17-18-20;1-5-6(2,3)4/h19-20H,2-18H2,1H3;1H3,(H,2,3,4). The lowest BCUT2D eigenvalue weighted by atomic mass is 10.0. The lowest BCUT2D eigenvalue weighted by Crippen LogP contribution is -2.19. The van der Waals surface area contributed by atoms with E-state index in [4.69, 9.17) is 9.66 Å². The maximum absolute atomic E-state index is 9.33. The molecule has 6 nitrogen and oxygen atoms in total. The predicted octanol–water partition coefficient (Wildman–Crippen LogP) is 4.49. The van der Waals surface area contributed by atoms with Crippen molar-refractivity contribution in [3.05, 3.63) is 0 Å². The molecule has 0 spiro atoms. The summed E-state index contributed by atoms with van der Waals surface area (Å²) in [6, 6.07) is 0. The van der Waals surface area contributed by atoms with Crippen LogP contribution in [0.5, 0.6) is 0 Å². The van der Waals surface area contributed by atoms with Crippen LogP contribution in [0.3, 0.4) is 0 Å². The van der Waals surface area contributed by atoms with E-state index in [0.29, 0.717) is 0 Å². The Labute approximate surface area is 162 Å². The summed E-state index contributed by atoms with van der Waals surface area (Å²) < 4.78 is 29.7. The number of rotatable bonds is 18. The fraction of sp³-hybridized carbons (Fsp3) is 1.00. The van der Waals surface area contributed by atoms with E-state index in [0.717, 1.165) is 20.2 Å². The van der Waals surface area contributed by atoms with E-state index in [1.165, 1.54) is 89.9 Å². The Hall–Kier alpha value is -0.210. The van der Waals surface area contributed by atoms with Gasteiger partial charge in [0, 0.05) is 6.54 Å². The Balaban J connectivity index is 0. The maximum atomic E-state index is 9.33. The summed E-state index contributed by atoms with van der Waals surface area (Å²) in [4.78, 5) is 0. The first-order valence-electron chi connectivity index (χ1n) is 10.3. The number of unbranched alkanes of at least 4 members (excludes halogenated alkanes) is 13. The number of hydrogen-bond donors (Lipinski definition) is 3. The van der Waals surface area contributed by atoms with E-state index >= 15 is 0 Å². The summed E-state index contributed by atoms with van der Waals surface area (Å²) in [5.41, 5.74) is 0. The molecule has 0 amide bonds. The van der Waals surface area contributed by atoms with Crippen molar-refractivity contribution in [1.82, 2.24) is 5.32 Å². The Kier molecular flexibility index (Phi) is 24.6. The third kappa shape index (κ3) is 31.5. The molecule has 0 rings (SSSR count). The summed E-state index contributed by atoms with van der Waals surface area (Å²) in [6.45, 7) is 4.36. The van der Waals surface area contributed by atoms with Crippen LogP contribution >= 0.6 is 0 Å². The minimum Gasteiger partial charge on any atom is -0.395 e. The summed E-state index contributed by atoms with van der Waals surface area (Å²) in [5, 5.41) is 11.8. The smallest absolute Gasteiger partial charge is 0.395 e. The second kappa shape index (κ2) is 22.8. The third-order valence-electron chi connectivity index (χ3n) is 4.21. The van der Waals surface area contributed by atoms with E-state index < -0.39 is 10.4 Å². The molecule has 0 aromatic rings. The van der Waals surface area contributed by atoms with Gasteiger partial charge in [-0.1, -0.05) is 90.4 Å². The molecule has 0 saturated carbocycles. The highest BCUT2D eigenvalue weighted by molar-refractivity contribution is 7.80. The van der Waals surface area contributed by atoms with E-state index in [9.17, 15) is 8.42 Å². The quantitative estimate of drug-likeness (QED) is 0.233. The second-order valence-electron chi connectivity index (χ2n) is 6.66. The molecular weight excluding hydrogens is 354 g/mol. The lowest BCUT2D eigenvalue weighted by molar-refractivity contribution is 0.292. The molecule has 0 radical (unpaired) electrons. The Morgan fingerprint density at radius 1 is 0.731 bits per heavy atom. The van der Waals surface area contributed by atoms with Gasteiger partial charge in [0.25, 0.3) is 0 Å². The molecule has 0 heterocycles. The van der Waals surface area contributed by atoms with Crippen LogP contribution in [-0.2, 0) is 14.6 Å². The SMILES string of the molecule is CCCCCCCCCCCCCCCCNCCO.COS(=O)(=O)O. The van der Waals surface area contributed by atoms with Crippen LogP contribution in [0.15, 0.2) is 0 Å². The van der Waals surface area contributed by atoms with Crippen LogP contribution in [0.4, 0.5) is 0 Å². The average molecular weight is 398 g/mol. The summed E-state index contributed by atoms with van der Waals surface area (Å²) >= 11 is 0. The molecule has 26 heavy (non-hydrogen) atoms. The van der Waals surface area contributed by atoms with Gasteiger partial charge in [-0.15, -0.1) is 0 Å². The van der Waals surface area contributed by atoms with Gasteiger partial charge < -0.3 is 10.4 Å². The monoisotopic (exact) mass is 397 g/mol. The molecule has 0 aliphatic carbocycles. The molecular formula is C19H43NO5S. The molecule has 0 aromatic heterocycles. The van der Waals surface area contributed by atoms with Crippen molar-refractivity contribution in [3.8, 4) is 0 Å². The summed E-state index contributed by atoms with van der Waals surface area (Å²) in [5.74, 6) is 0. The van der Waals surface area contributed by atoms with Crippen LogP contribution in [0.2, 0.25) is 0 Å². The van der Waals surface area contributed by atoms with Gasteiger partial charge in [0.15, 0.2) is 0 Å². The fourth-order valence-electron chi connectivity index (χ4n) is 2.65. The van der Waals surface area contributed by atoms with E-state index in [-0.39, 0.29) is 6.61 Å². The average Bonchev–Trinajstić information content (AvgIpc) is 2.61. The molecule has 0 aliphatic rings. The van der Waals surface area contributed by atoms with Crippen LogP contribution in [-0.4, -0.2) is 44.9 Å². The highest BCUT2D eigenvalue weighted by Crippen LogP contribution is 2.12. The zero-order chi connectivity index (χ0) is 19.9. The van der Waals surface area contributed by atoms with Crippen molar-refractivity contribution in [1.29, 1.82) is 0 Å². The molecule has 7 heteroatoms. The molecule has 0 aliphatic heterocycles. The number of aliphatic hydroxyl groups is 1. The van der Waals surface area contributed by atoms with Crippen molar-refractivity contribution in [2.75, 3.05) is 26.8 Å². The predicted molar refractivity (Wildman–Crippen MR) is 109 cm³/mol. The molecule has 160 valence electrons. The minimum atomic E-state index is -4.16. The van der Waals surface area contributed by atoms with E-state index in [1.807, 2.05) is 0 Å². The van der Waals surface area contributed by atoms with Gasteiger partial charge in [0.05, 0.1) is 13.7 Å². The topological polar surface area (TPSA) is 95.9 Å². The first-order valence-corrected chi connectivity index (χ1v) is 11.7. The maximum Gasteiger partial charge on any atom is 0.397 e. The number of aliphatic hydroxyl groups excluding tert-OH is 1. The molecule has 0 fully saturated rings. The summed E-state index contributed by atoms with van der Waals surface area (Å²) in [7, 11) is -3.29. The first kappa shape index (κ1) is 28.0. The zero-order valence-electron chi connectivity index (χ0n) is 17.0. The van der Waals surface area contributed by atoms with Gasteiger partial charge in [-0.3, -0.25) is 8.74 Å². The highest BCUT2D eigenvalue weighted by Gasteiger charge is 1.94. The number of hydrogen-bond acceptors (Lipinski definition) is 5. The van der Waals surface area contributed by atoms with Crippen molar-refractivity contribution in [3.63, 3.8) is 0 Å². The highest BCUT2D eigenvalue weighted by atomic mass is 32.3. The Bertz CT molecular complexity index is 332. The zero-order valence-corrected chi connectivity index (χ0v) is 17.9. The largest absolute Gasteiger partial charge is 0.397 e. The number of nitrogens with one attached hydrogen (secondary N) is 1. The van der Waals surface area contributed by atoms with Gasteiger partial charge in [0.2, 0.25) is 0 Å². The van der Waals surface area contributed by atoms with Crippen molar-refractivity contribution in [2.24, 2.45) is 0 Å². The Morgan fingerprint density at radius 2 is 1.08 bits per heavy atom. The summed E-state index contributed by atoms with van der Waals surface area (Å²) in [6.07, 6.45) is 19.8. The van der Waals surface area contributed by atoms with E-state index in [2.05, 4.69) is 16.4 Å². The minimum absolute atomic E-state index is 0.263. The lowest BCUT2D eigenvalue weighted by Gasteiger charge is -2.04. The molecule has 0 unspecified atom stereocenters. The van der Waals surface area contributed by atoms with Crippen molar-refractivity contribution < 1.29 is 22.3 Å². The Morgan fingerprint density at radius 3 is 1.38 bits per heavy atom. The molecule has 0 aromatic carbocycles. The normalized spacial score (nSPS) is 11.2. The van der Waals surface area contributed by atoms with E-state index in [1.54, 1.807) is 0 Å². The molecule has 0 saturated heterocycles. The van der Waals surface area contributed by atoms with Crippen LogP contribution < -0.4 is 5.32 Å². The van der Waals surface area contributed by atoms with Crippen LogP contribution in [0, 0.1) is 0 Å². The van der Waals surface area contributed by atoms with Gasteiger partial charge >= 0.3 is 10.4 Å². The van der Waals surface area contributed by atoms with Gasteiger partial charge in [-0.25, -0.2) is 0 Å². The first-order chi connectivity index (χ1) is 12.5. The fourth-order valence-corrected chi connectivity index (χ4v) is 2.65. The second-order valence-corrected chi connectivity index (χ2v) is 7.85. The van der Waals surface area contributed by atoms with Crippen molar-refractivity contribution >= 4 is 10.4 Å². The molecule has 0 atom stereocenters. The van der Waals surface area contributed by atoms with Gasteiger partial charge in [-0.2, -0.15) is 8.42 Å². The molecule has 0 bridgehead atoms. The van der Waals surface area contributed by atoms with Crippen molar-refractivity contribution in [2.45, 2.75) is 96.8 Å². The molecule has 3 N–H and O–H groups in total. The van der Waals surface area contributed by atoms with Gasteiger partial charge in [0.1, 0.15) is 0 Å².